The number of carbonyl (C=O) groups excluding carboxylic acids is 1. The van der Waals surface area contributed by atoms with Gasteiger partial charge in [0.15, 0.2) is 11.6 Å². The standard InChI is InChI=1S/C16H21FN4O3.C2HF3O2/c1-2-12-14(17)15(19-9-18-12)20-5-3-11(4-6-20)21-8-10(16(23)24)7-13(21)22;3-2(4,5)1(6)7/h9-11H,2-8H2,1H3,(H,23,24);(H,6,7). The second-order valence-electron chi connectivity index (χ2n) is 7.12. The van der Waals surface area contributed by atoms with Crippen LogP contribution in [0, 0.1) is 11.7 Å². The number of carboxylic acids is 2. The molecule has 0 spiro atoms. The van der Waals surface area contributed by atoms with E-state index in [9.17, 15) is 27.2 Å². The van der Waals surface area contributed by atoms with Crippen LogP contribution in [0.5, 0.6) is 0 Å². The lowest BCUT2D eigenvalue weighted by atomic mass is 10.0. The molecule has 2 aliphatic rings. The Morgan fingerprint density at radius 2 is 1.77 bits per heavy atom. The number of likely N-dealkylation sites (tertiary alicyclic amines) is 1. The van der Waals surface area contributed by atoms with Gasteiger partial charge in [-0.15, -0.1) is 0 Å². The molecule has 1 aromatic rings. The fraction of sp³-hybridized carbons (Fsp3) is 0.611. The number of aryl methyl sites for hydroxylation is 1. The smallest absolute Gasteiger partial charge is 0.481 e. The van der Waals surface area contributed by atoms with Crippen molar-refractivity contribution in [3.05, 3.63) is 17.8 Å². The first kappa shape index (κ1) is 24.3. The van der Waals surface area contributed by atoms with Gasteiger partial charge in [-0.1, -0.05) is 6.92 Å². The SMILES string of the molecule is CCc1ncnc(N2CCC(N3CC(C(=O)O)CC3=O)CC2)c1F.O=C(O)C(F)(F)F. The average molecular weight is 450 g/mol. The van der Waals surface area contributed by atoms with Gasteiger partial charge in [0.25, 0.3) is 0 Å². The van der Waals surface area contributed by atoms with Crippen LogP contribution in [0.2, 0.25) is 0 Å². The molecular formula is C18H22F4N4O5. The third-order valence-electron chi connectivity index (χ3n) is 5.13. The summed E-state index contributed by atoms with van der Waals surface area (Å²) in [5.74, 6) is -4.44. The molecule has 2 N–H and O–H groups in total. The number of hydrogen-bond acceptors (Lipinski definition) is 6. The number of halogens is 4. The fourth-order valence-corrected chi connectivity index (χ4v) is 3.50. The molecule has 2 fully saturated rings. The second kappa shape index (κ2) is 9.88. The summed E-state index contributed by atoms with van der Waals surface area (Å²) in [7, 11) is 0. The summed E-state index contributed by atoms with van der Waals surface area (Å²) < 4.78 is 46.1. The third kappa shape index (κ3) is 6.01. The van der Waals surface area contributed by atoms with Crippen LogP contribution in [-0.4, -0.2) is 74.8 Å². The van der Waals surface area contributed by atoms with Gasteiger partial charge in [0.2, 0.25) is 5.91 Å². The summed E-state index contributed by atoms with van der Waals surface area (Å²) in [5.41, 5.74) is 0.404. The molecule has 0 bridgehead atoms. The predicted octanol–water partition coefficient (Wildman–Crippen LogP) is 1.71. The topological polar surface area (TPSA) is 124 Å². The van der Waals surface area contributed by atoms with Gasteiger partial charge < -0.3 is 20.0 Å². The lowest BCUT2D eigenvalue weighted by molar-refractivity contribution is -0.192. The van der Waals surface area contributed by atoms with E-state index >= 15 is 0 Å². The number of aliphatic carboxylic acids is 2. The fourth-order valence-electron chi connectivity index (χ4n) is 3.50. The van der Waals surface area contributed by atoms with E-state index in [1.165, 1.54) is 6.33 Å². The van der Waals surface area contributed by atoms with E-state index in [0.29, 0.717) is 43.9 Å². The Morgan fingerprint density at radius 1 is 1.19 bits per heavy atom. The Kier molecular flexibility index (Phi) is 7.74. The number of alkyl halides is 3. The van der Waals surface area contributed by atoms with Gasteiger partial charge in [0.05, 0.1) is 11.6 Å². The number of aromatic nitrogens is 2. The number of rotatable bonds is 4. The number of anilines is 1. The lowest BCUT2D eigenvalue weighted by Gasteiger charge is -2.37. The van der Waals surface area contributed by atoms with Crippen molar-refractivity contribution in [2.45, 2.75) is 44.8 Å². The van der Waals surface area contributed by atoms with Crippen LogP contribution in [0.4, 0.5) is 23.4 Å². The van der Waals surface area contributed by atoms with Crippen molar-refractivity contribution in [3.63, 3.8) is 0 Å². The van der Waals surface area contributed by atoms with Crippen LogP contribution in [0.3, 0.4) is 0 Å². The van der Waals surface area contributed by atoms with Gasteiger partial charge in [-0.2, -0.15) is 13.2 Å². The van der Waals surface area contributed by atoms with Crippen LogP contribution in [0.25, 0.3) is 0 Å². The number of carboxylic acid groups (broad SMARTS) is 2. The van der Waals surface area contributed by atoms with Gasteiger partial charge in [-0.25, -0.2) is 19.2 Å². The molecule has 1 unspecified atom stereocenters. The highest BCUT2D eigenvalue weighted by Crippen LogP contribution is 2.28. The van der Waals surface area contributed by atoms with Crippen molar-refractivity contribution in [1.29, 1.82) is 0 Å². The maximum absolute atomic E-state index is 14.4. The van der Waals surface area contributed by atoms with Crippen LogP contribution >= 0.6 is 0 Å². The van der Waals surface area contributed by atoms with Crippen molar-refractivity contribution < 1.29 is 42.2 Å². The van der Waals surface area contributed by atoms with Crippen LogP contribution in [0.15, 0.2) is 6.33 Å². The molecule has 1 atom stereocenters. The zero-order valence-corrected chi connectivity index (χ0v) is 16.6. The highest BCUT2D eigenvalue weighted by Gasteiger charge is 2.39. The van der Waals surface area contributed by atoms with E-state index in [-0.39, 0.29) is 30.7 Å². The normalized spacial score (nSPS) is 19.8. The highest BCUT2D eigenvalue weighted by molar-refractivity contribution is 5.86. The number of amides is 1. The molecule has 0 aromatic carbocycles. The first-order chi connectivity index (χ1) is 14.5. The molecule has 2 aliphatic heterocycles. The molecule has 2 saturated heterocycles. The summed E-state index contributed by atoms with van der Waals surface area (Å²) in [6, 6.07) is 0.0219. The van der Waals surface area contributed by atoms with E-state index in [0.717, 1.165) is 0 Å². The van der Waals surface area contributed by atoms with Gasteiger partial charge in [0.1, 0.15) is 6.33 Å². The van der Waals surface area contributed by atoms with Crippen molar-refractivity contribution in [2.24, 2.45) is 5.92 Å². The Labute approximate surface area is 174 Å². The molecule has 0 radical (unpaired) electrons. The minimum absolute atomic E-state index is 0.0219. The maximum atomic E-state index is 14.4. The molecule has 0 saturated carbocycles. The molecule has 172 valence electrons. The first-order valence-electron chi connectivity index (χ1n) is 9.52. The van der Waals surface area contributed by atoms with E-state index < -0.39 is 24.0 Å². The van der Waals surface area contributed by atoms with Gasteiger partial charge in [-0.05, 0) is 19.3 Å². The average Bonchev–Trinajstić information content (AvgIpc) is 3.10. The molecule has 13 heteroatoms. The van der Waals surface area contributed by atoms with E-state index in [1.807, 2.05) is 11.8 Å². The molecule has 31 heavy (non-hydrogen) atoms. The molecule has 9 nitrogen and oxygen atoms in total. The molecular weight excluding hydrogens is 428 g/mol. The van der Waals surface area contributed by atoms with Crippen LogP contribution in [-0.2, 0) is 20.8 Å². The summed E-state index contributed by atoms with van der Waals surface area (Å²) in [6.45, 7) is 3.30. The van der Waals surface area contributed by atoms with Crippen molar-refractivity contribution >= 4 is 23.7 Å². The van der Waals surface area contributed by atoms with Crippen molar-refractivity contribution in [3.8, 4) is 0 Å². The van der Waals surface area contributed by atoms with Crippen LogP contribution < -0.4 is 4.90 Å². The number of hydrogen-bond donors (Lipinski definition) is 2. The van der Waals surface area contributed by atoms with E-state index in [4.69, 9.17) is 15.0 Å². The molecule has 1 aromatic heterocycles. The predicted molar refractivity (Wildman–Crippen MR) is 97.7 cm³/mol. The Morgan fingerprint density at radius 3 is 2.23 bits per heavy atom. The van der Waals surface area contributed by atoms with Crippen LogP contribution in [0.1, 0.15) is 31.9 Å². The Hall–Kier alpha value is -2.99. The van der Waals surface area contributed by atoms with Gasteiger partial charge in [0, 0.05) is 32.1 Å². The summed E-state index contributed by atoms with van der Waals surface area (Å²) in [4.78, 5) is 43.6. The highest BCUT2D eigenvalue weighted by atomic mass is 19.4. The quantitative estimate of drug-likeness (QED) is 0.665. The monoisotopic (exact) mass is 450 g/mol. The zero-order chi connectivity index (χ0) is 23.3. The second-order valence-corrected chi connectivity index (χ2v) is 7.12. The number of carbonyl (C=O) groups is 3. The van der Waals surface area contributed by atoms with Crippen molar-refractivity contribution in [2.75, 3.05) is 24.5 Å². The van der Waals surface area contributed by atoms with Crippen molar-refractivity contribution in [1.82, 2.24) is 14.9 Å². The summed E-state index contributed by atoms with van der Waals surface area (Å²) in [6.07, 6.45) is -1.75. The lowest BCUT2D eigenvalue weighted by Crippen LogP contribution is -2.46. The largest absolute Gasteiger partial charge is 0.490 e. The Balaban J connectivity index is 0.000000423. The molecule has 3 rings (SSSR count). The summed E-state index contributed by atoms with van der Waals surface area (Å²) in [5, 5.41) is 16.2. The Bertz CT molecular complexity index is 828. The zero-order valence-electron chi connectivity index (χ0n) is 16.6. The minimum Gasteiger partial charge on any atom is -0.481 e. The maximum Gasteiger partial charge on any atom is 0.490 e. The molecule has 0 aliphatic carbocycles. The van der Waals surface area contributed by atoms with E-state index in [2.05, 4.69) is 9.97 Å². The number of nitrogens with zero attached hydrogens (tertiary/aromatic N) is 4. The summed E-state index contributed by atoms with van der Waals surface area (Å²) >= 11 is 0. The van der Waals surface area contributed by atoms with Gasteiger partial charge >= 0.3 is 18.1 Å². The van der Waals surface area contributed by atoms with Gasteiger partial charge in [-0.3, -0.25) is 9.59 Å². The molecule has 1 amide bonds. The third-order valence-corrected chi connectivity index (χ3v) is 5.13. The minimum atomic E-state index is -5.08. The number of piperidine rings is 1. The molecule has 3 heterocycles. The first-order valence-corrected chi connectivity index (χ1v) is 9.52. The van der Waals surface area contributed by atoms with E-state index in [1.54, 1.807) is 4.90 Å².